The van der Waals surface area contributed by atoms with E-state index in [2.05, 4.69) is 11.8 Å². The summed E-state index contributed by atoms with van der Waals surface area (Å²) >= 11 is 0. The van der Waals surface area contributed by atoms with Crippen molar-refractivity contribution in [2.24, 2.45) is 0 Å². The first-order valence-electron chi connectivity index (χ1n) is 5.62. The van der Waals surface area contributed by atoms with Crippen LogP contribution in [-0.2, 0) is 14.6 Å². The first-order valence-corrected chi connectivity index (χ1v) is 7.68. The van der Waals surface area contributed by atoms with Crippen LogP contribution in [0.25, 0.3) is 0 Å². The molecule has 96 valence electrons. The molecule has 0 bridgehead atoms. The van der Waals surface area contributed by atoms with Crippen LogP contribution in [0.15, 0.2) is 0 Å². The number of hydrogen-bond donors (Lipinski definition) is 1. The van der Waals surface area contributed by atoms with E-state index >= 15 is 0 Å². The van der Waals surface area contributed by atoms with Crippen LogP contribution in [0.5, 0.6) is 0 Å². The minimum absolute atomic E-state index is 0.0140. The maximum absolute atomic E-state index is 11.0. The Morgan fingerprint density at radius 3 is 2.81 bits per heavy atom. The van der Waals surface area contributed by atoms with E-state index in [1.54, 1.807) is 0 Å². The first-order chi connectivity index (χ1) is 7.42. The Morgan fingerprint density at radius 2 is 2.25 bits per heavy atom. The van der Waals surface area contributed by atoms with Gasteiger partial charge in [-0.15, -0.1) is 0 Å². The van der Waals surface area contributed by atoms with Crippen molar-refractivity contribution in [2.75, 3.05) is 38.2 Å². The normalized spacial score (nSPS) is 25.6. The van der Waals surface area contributed by atoms with Gasteiger partial charge in [0.1, 0.15) is 9.84 Å². The minimum atomic E-state index is -3.01. The molecule has 0 aromatic rings. The monoisotopic (exact) mass is 251 g/mol. The van der Waals surface area contributed by atoms with Gasteiger partial charge in [0.05, 0.1) is 24.6 Å². The van der Waals surface area contributed by atoms with Crippen molar-refractivity contribution in [3.63, 3.8) is 0 Å². The summed E-state index contributed by atoms with van der Waals surface area (Å²) in [5.74, 6) is 0.0140. The molecular weight excluding hydrogens is 230 g/mol. The lowest BCUT2D eigenvalue weighted by atomic mass is 10.1. The van der Waals surface area contributed by atoms with E-state index in [9.17, 15) is 13.5 Å². The number of aliphatic hydroxyl groups is 1. The van der Waals surface area contributed by atoms with Crippen LogP contribution in [0.2, 0.25) is 0 Å². The topological polar surface area (TPSA) is 66.8 Å². The number of aliphatic hydroxyl groups excluding tert-OH is 1. The molecule has 1 aliphatic heterocycles. The molecule has 0 aromatic heterocycles. The molecule has 1 saturated heterocycles. The summed E-state index contributed by atoms with van der Waals surface area (Å²) in [6.07, 6.45) is 0.487. The highest BCUT2D eigenvalue weighted by atomic mass is 32.2. The summed E-state index contributed by atoms with van der Waals surface area (Å²) in [5, 5.41) is 9.83. The van der Waals surface area contributed by atoms with Crippen LogP contribution in [-0.4, -0.2) is 68.9 Å². The molecule has 0 amide bonds. The van der Waals surface area contributed by atoms with Gasteiger partial charge >= 0.3 is 0 Å². The van der Waals surface area contributed by atoms with E-state index in [1.807, 2.05) is 0 Å². The lowest BCUT2D eigenvalue weighted by molar-refractivity contribution is -0.0876. The molecule has 1 aliphatic rings. The average molecular weight is 251 g/mol. The Hall–Kier alpha value is -0.170. The Balaban J connectivity index is 2.38. The number of rotatable bonds is 5. The lowest BCUT2D eigenvalue weighted by Crippen LogP contribution is -2.47. The Morgan fingerprint density at radius 1 is 1.56 bits per heavy atom. The number of ether oxygens (including phenoxy) is 1. The highest BCUT2D eigenvalue weighted by Crippen LogP contribution is 2.11. The zero-order valence-corrected chi connectivity index (χ0v) is 10.7. The fourth-order valence-corrected chi connectivity index (χ4v) is 2.44. The molecule has 0 spiro atoms. The predicted octanol–water partition coefficient (Wildman–Crippen LogP) is -0.497. The average Bonchev–Trinajstić information content (AvgIpc) is 2.25. The van der Waals surface area contributed by atoms with E-state index in [1.165, 1.54) is 6.26 Å². The molecule has 0 radical (unpaired) electrons. The van der Waals surface area contributed by atoms with Crippen molar-refractivity contribution in [2.45, 2.75) is 25.6 Å². The Labute approximate surface area is 97.3 Å². The molecule has 1 N–H and O–H groups in total. The Kier molecular flexibility index (Phi) is 5.17. The van der Waals surface area contributed by atoms with Gasteiger partial charge in [-0.05, 0) is 13.0 Å². The number of nitrogens with zero attached hydrogens (tertiary/aromatic N) is 1. The second-order valence-corrected chi connectivity index (χ2v) is 6.55. The standard InChI is InChI=1S/C10H21NO4S/c1-3-11-5-6-15-10(8-11)9(12)4-7-16(2,13)14/h9-10,12H,3-8H2,1-2H3. The van der Waals surface area contributed by atoms with Crippen LogP contribution in [0.3, 0.4) is 0 Å². The van der Waals surface area contributed by atoms with E-state index in [4.69, 9.17) is 4.74 Å². The largest absolute Gasteiger partial charge is 0.390 e. The molecule has 6 heteroatoms. The van der Waals surface area contributed by atoms with Gasteiger partial charge in [-0.3, -0.25) is 4.90 Å². The maximum atomic E-state index is 11.0. The molecule has 1 rings (SSSR count). The maximum Gasteiger partial charge on any atom is 0.147 e. The molecule has 2 atom stereocenters. The quantitative estimate of drug-likeness (QED) is 0.714. The van der Waals surface area contributed by atoms with Crippen LogP contribution < -0.4 is 0 Å². The lowest BCUT2D eigenvalue weighted by Gasteiger charge is -2.34. The third-order valence-corrected chi connectivity index (χ3v) is 3.82. The van der Waals surface area contributed by atoms with E-state index in [0.717, 1.165) is 13.1 Å². The molecule has 1 fully saturated rings. The molecule has 1 heterocycles. The van der Waals surface area contributed by atoms with Crippen LogP contribution in [0, 0.1) is 0 Å². The van der Waals surface area contributed by atoms with Gasteiger partial charge in [0.15, 0.2) is 0 Å². The second kappa shape index (κ2) is 5.95. The smallest absolute Gasteiger partial charge is 0.147 e. The summed E-state index contributed by atoms with van der Waals surface area (Å²) in [7, 11) is -3.01. The zero-order chi connectivity index (χ0) is 12.2. The van der Waals surface area contributed by atoms with E-state index in [-0.39, 0.29) is 18.3 Å². The van der Waals surface area contributed by atoms with Crippen molar-refractivity contribution < 1.29 is 18.3 Å². The summed E-state index contributed by atoms with van der Waals surface area (Å²) < 4.78 is 27.4. The zero-order valence-electron chi connectivity index (χ0n) is 9.92. The molecular formula is C10H21NO4S. The molecule has 2 unspecified atom stereocenters. The minimum Gasteiger partial charge on any atom is -0.390 e. The van der Waals surface area contributed by atoms with Gasteiger partial charge in [-0.1, -0.05) is 6.92 Å². The number of hydrogen-bond acceptors (Lipinski definition) is 5. The van der Waals surface area contributed by atoms with Crippen molar-refractivity contribution in [3.8, 4) is 0 Å². The summed E-state index contributed by atoms with van der Waals surface area (Å²) in [6, 6.07) is 0. The predicted molar refractivity (Wildman–Crippen MR) is 62.2 cm³/mol. The number of likely N-dealkylation sites (N-methyl/N-ethyl adjacent to an activating group) is 1. The van der Waals surface area contributed by atoms with Gasteiger partial charge in [-0.2, -0.15) is 0 Å². The van der Waals surface area contributed by atoms with Crippen molar-refractivity contribution >= 4 is 9.84 Å². The number of morpholine rings is 1. The third-order valence-electron chi connectivity index (χ3n) is 2.84. The summed E-state index contributed by atoms with van der Waals surface area (Å²) in [5.41, 5.74) is 0. The fraction of sp³-hybridized carbons (Fsp3) is 1.00. The van der Waals surface area contributed by atoms with Crippen molar-refractivity contribution in [3.05, 3.63) is 0 Å². The summed E-state index contributed by atoms with van der Waals surface area (Å²) in [6.45, 7) is 5.16. The second-order valence-electron chi connectivity index (χ2n) is 4.29. The molecule has 0 aliphatic carbocycles. The van der Waals surface area contributed by atoms with Gasteiger partial charge in [0.25, 0.3) is 0 Å². The highest BCUT2D eigenvalue weighted by molar-refractivity contribution is 7.90. The molecule has 16 heavy (non-hydrogen) atoms. The van der Waals surface area contributed by atoms with E-state index < -0.39 is 15.9 Å². The van der Waals surface area contributed by atoms with E-state index in [0.29, 0.717) is 13.2 Å². The van der Waals surface area contributed by atoms with Crippen molar-refractivity contribution in [1.82, 2.24) is 4.90 Å². The molecule has 5 nitrogen and oxygen atoms in total. The van der Waals surface area contributed by atoms with Gasteiger partial charge in [-0.25, -0.2) is 8.42 Å². The van der Waals surface area contributed by atoms with Crippen molar-refractivity contribution in [1.29, 1.82) is 0 Å². The van der Waals surface area contributed by atoms with Crippen LogP contribution >= 0.6 is 0 Å². The number of sulfone groups is 1. The first kappa shape index (κ1) is 13.9. The molecule has 0 aromatic carbocycles. The third kappa shape index (κ3) is 4.78. The highest BCUT2D eigenvalue weighted by Gasteiger charge is 2.26. The van der Waals surface area contributed by atoms with Crippen LogP contribution in [0.4, 0.5) is 0 Å². The summed E-state index contributed by atoms with van der Waals surface area (Å²) in [4.78, 5) is 2.19. The molecule has 0 saturated carbocycles. The SMILES string of the molecule is CCN1CCOC(C(O)CCS(C)(=O)=O)C1. The van der Waals surface area contributed by atoms with Crippen LogP contribution in [0.1, 0.15) is 13.3 Å². The van der Waals surface area contributed by atoms with Gasteiger partial charge in [0, 0.05) is 19.3 Å². The fourth-order valence-electron chi connectivity index (χ4n) is 1.77. The Bertz CT molecular complexity index is 304. The van der Waals surface area contributed by atoms with Gasteiger partial charge < -0.3 is 9.84 Å². The van der Waals surface area contributed by atoms with Gasteiger partial charge in [0.2, 0.25) is 0 Å².